The monoisotopic (exact) mass is 446 g/mol. The molecule has 0 saturated carbocycles. The molecule has 3 aromatic rings. The minimum atomic E-state index is -4.03. The Kier molecular flexibility index (Phi) is 6.20. The van der Waals surface area contributed by atoms with E-state index >= 15 is 0 Å². The molecule has 0 aliphatic heterocycles. The van der Waals surface area contributed by atoms with E-state index in [1.165, 1.54) is 47.6 Å². The second kappa shape index (κ2) is 8.65. The van der Waals surface area contributed by atoms with E-state index in [0.29, 0.717) is 22.7 Å². The Morgan fingerprint density at radius 3 is 2.53 bits per heavy atom. The number of sulfonamides is 1. The molecule has 3 rings (SSSR count). The molecular weight excluding hydrogens is 428 g/mol. The first-order chi connectivity index (χ1) is 14.3. The summed E-state index contributed by atoms with van der Waals surface area (Å²) in [4.78, 5) is -0.0390. The Morgan fingerprint density at radius 2 is 1.97 bits per heavy atom. The zero-order chi connectivity index (χ0) is 21.9. The van der Waals surface area contributed by atoms with Crippen LogP contribution in [-0.4, -0.2) is 32.4 Å². The molecule has 2 aromatic carbocycles. The maximum Gasteiger partial charge on any atom is 0.264 e. The highest BCUT2D eigenvalue weighted by Gasteiger charge is 2.28. The fraction of sp³-hybridized carbons (Fsp3) is 0.200. The van der Waals surface area contributed by atoms with E-state index in [4.69, 9.17) is 26.3 Å². The minimum absolute atomic E-state index is 0.0151. The third-order valence-electron chi connectivity index (χ3n) is 4.44. The maximum atomic E-state index is 13.5. The molecule has 0 aliphatic rings. The van der Waals surface area contributed by atoms with Gasteiger partial charge < -0.3 is 9.47 Å². The predicted octanol–water partition coefficient (Wildman–Crippen LogP) is 3.36. The Labute approximate surface area is 179 Å². The van der Waals surface area contributed by atoms with E-state index in [-0.39, 0.29) is 22.0 Å². The van der Waals surface area contributed by atoms with Gasteiger partial charge in [-0.15, -0.1) is 0 Å². The third kappa shape index (κ3) is 4.20. The van der Waals surface area contributed by atoms with Gasteiger partial charge in [0.2, 0.25) is 0 Å². The maximum absolute atomic E-state index is 13.5. The average Bonchev–Trinajstić information content (AvgIpc) is 3.17. The van der Waals surface area contributed by atoms with Crippen LogP contribution in [0, 0.1) is 11.3 Å². The number of aryl methyl sites for hydroxylation is 1. The topological polar surface area (TPSA) is 97.5 Å². The molecule has 1 aromatic heterocycles. The first kappa shape index (κ1) is 21.5. The third-order valence-corrected chi connectivity index (χ3v) is 6.52. The Hall–Kier alpha value is -3.22. The van der Waals surface area contributed by atoms with E-state index in [1.807, 2.05) is 6.07 Å². The molecule has 30 heavy (non-hydrogen) atoms. The van der Waals surface area contributed by atoms with Crippen molar-refractivity contribution in [3.05, 3.63) is 64.9 Å². The normalized spacial score (nSPS) is 11.0. The summed E-state index contributed by atoms with van der Waals surface area (Å²) in [5.41, 5.74) is 1.20. The summed E-state index contributed by atoms with van der Waals surface area (Å²) in [5.74, 6) is 1.07. The lowest BCUT2D eigenvalue weighted by Gasteiger charge is -2.24. The average molecular weight is 447 g/mol. The molecule has 10 heteroatoms. The fourth-order valence-electron chi connectivity index (χ4n) is 2.86. The largest absolute Gasteiger partial charge is 0.497 e. The number of anilines is 1. The van der Waals surface area contributed by atoms with E-state index in [0.717, 1.165) is 0 Å². The SMILES string of the molecule is COc1ccc(CN(c2cnn(C)c2)S(=O)(=O)c2ccc(C#N)c(Cl)c2)c(OC)c1. The van der Waals surface area contributed by atoms with Gasteiger partial charge in [-0.05, 0) is 30.3 Å². The van der Waals surface area contributed by atoms with Crippen LogP contribution >= 0.6 is 11.6 Å². The summed E-state index contributed by atoms with van der Waals surface area (Å²) < 4.78 is 40.4. The van der Waals surface area contributed by atoms with Crippen LogP contribution in [0.1, 0.15) is 11.1 Å². The molecule has 0 atom stereocenters. The van der Waals surface area contributed by atoms with Gasteiger partial charge in [0, 0.05) is 24.9 Å². The summed E-state index contributed by atoms with van der Waals surface area (Å²) in [6.45, 7) is -0.0151. The molecule has 0 saturated heterocycles. The molecule has 156 valence electrons. The van der Waals surface area contributed by atoms with Crippen molar-refractivity contribution < 1.29 is 17.9 Å². The molecule has 0 amide bonds. The first-order valence-corrected chi connectivity index (χ1v) is 10.5. The quantitative estimate of drug-likeness (QED) is 0.552. The number of nitriles is 1. The second-order valence-electron chi connectivity index (χ2n) is 6.32. The van der Waals surface area contributed by atoms with Gasteiger partial charge in [-0.2, -0.15) is 10.4 Å². The lowest BCUT2D eigenvalue weighted by Crippen LogP contribution is -2.30. The number of hydrogen-bond donors (Lipinski definition) is 0. The van der Waals surface area contributed by atoms with Crippen LogP contribution in [0.25, 0.3) is 0 Å². The zero-order valence-electron chi connectivity index (χ0n) is 16.5. The molecule has 0 unspecified atom stereocenters. The number of halogens is 1. The van der Waals surface area contributed by atoms with Crippen LogP contribution in [0.5, 0.6) is 11.5 Å². The Balaban J connectivity index is 2.10. The lowest BCUT2D eigenvalue weighted by molar-refractivity contribution is 0.391. The molecule has 8 nitrogen and oxygen atoms in total. The number of nitrogens with zero attached hydrogens (tertiary/aromatic N) is 4. The standard InChI is InChI=1S/C20H19ClN4O4S/c1-24-13-16(11-23-24)25(12-15-4-6-17(28-2)8-20(15)29-3)30(26,27)18-7-5-14(10-22)19(21)9-18/h4-9,11,13H,12H2,1-3H3. The van der Waals surface area contributed by atoms with Crippen LogP contribution in [0.3, 0.4) is 0 Å². The molecule has 0 radical (unpaired) electrons. The van der Waals surface area contributed by atoms with Crippen molar-refractivity contribution in [2.24, 2.45) is 7.05 Å². The van der Waals surface area contributed by atoms with Gasteiger partial charge in [-0.1, -0.05) is 11.6 Å². The van der Waals surface area contributed by atoms with E-state index in [2.05, 4.69) is 5.10 Å². The smallest absolute Gasteiger partial charge is 0.264 e. The number of ether oxygens (including phenoxy) is 2. The first-order valence-electron chi connectivity index (χ1n) is 8.72. The van der Waals surface area contributed by atoms with Crippen molar-refractivity contribution in [2.45, 2.75) is 11.4 Å². The van der Waals surface area contributed by atoms with Gasteiger partial charge in [0.25, 0.3) is 10.0 Å². The summed E-state index contributed by atoms with van der Waals surface area (Å²) >= 11 is 6.08. The van der Waals surface area contributed by atoms with Crippen molar-refractivity contribution in [3.8, 4) is 17.6 Å². The molecule has 0 bridgehead atoms. The number of benzene rings is 2. The van der Waals surface area contributed by atoms with Crippen LogP contribution < -0.4 is 13.8 Å². The van der Waals surface area contributed by atoms with Crippen LogP contribution in [0.4, 0.5) is 5.69 Å². The van der Waals surface area contributed by atoms with Gasteiger partial charge in [0.05, 0.1) is 48.1 Å². The van der Waals surface area contributed by atoms with Crippen LogP contribution in [0.15, 0.2) is 53.7 Å². The van der Waals surface area contributed by atoms with Crippen molar-refractivity contribution in [1.29, 1.82) is 5.26 Å². The van der Waals surface area contributed by atoms with E-state index in [9.17, 15) is 8.42 Å². The summed E-state index contributed by atoms with van der Waals surface area (Å²) in [6, 6.07) is 11.1. The van der Waals surface area contributed by atoms with E-state index in [1.54, 1.807) is 31.4 Å². The molecule has 0 fully saturated rings. The summed E-state index contributed by atoms with van der Waals surface area (Å²) in [5, 5.41) is 13.2. The Morgan fingerprint density at radius 1 is 1.20 bits per heavy atom. The molecule has 0 spiro atoms. The van der Waals surface area contributed by atoms with E-state index < -0.39 is 10.0 Å². The number of rotatable bonds is 7. The van der Waals surface area contributed by atoms with Gasteiger partial charge in [-0.3, -0.25) is 8.99 Å². The van der Waals surface area contributed by atoms with Crippen molar-refractivity contribution in [2.75, 3.05) is 18.5 Å². The number of hydrogen-bond acceptors (Lipinski definition) is 6. The second-order valence-corrected chi connectivity index (χ2v) is 8.58. The van der Waals surface area contributed by atoms with Gasteiger partial charge >= 0.3 is 0 Å². The lowest BCUT2D eigenvalue weighted by atomic mass is 10.2. The van der Waals surface area contributed by atoms with Crippen molar-refractivity contribution in [3.63, 3.8) is 0 Å². The number of methoxy groups -OCH3 is 2. The van der Waals surface area contributed by atoms with Crippen molar-refractivity contribution >= 4 is 27.3 Å². The highest BCUT2D eigenvalue weighted by molar-refractivity contribution is 7.92. The highest BCUT2D eigenvalue weighted by Crippen LogP contribution is 2.32. The van der Waals surface area contributed by atoms with Crippen LogP contribution in [-0.2, 0) is 23.6 Å². The molecule has 1 heterocycles. The van der Waals surface area contributed by atoms with Gasteiger partial charge in [0.1, 0.15) is 17.6 Å². The van der Waals surface area contributed by atoms with Crippen LogP contribution in [0.2, 0.25) is 5.02 Å². The predicted molar refractivity (Wildman–Crippen MR) is 112 cm³/mol. The van der Waals surface area contributed by atoms with Gasteiger partial charge in [-0.25, -0.2) is 8.42 Å². The van der Waals surface area contributed by atoms with Crippen molar-refractivity contribution in [1.82, 2.24) is 9.78 Å². The summed E-state index contributed by atoms with van der Waals surface area (Å²) in [6.07, 6.45) is 3.05. The van der Waals surface area contributed by atoms with Gasteiger partial charge in [0.15, 0.2) is 0 Å². The zero-order valence-corrected chi connectivity index (χ0v) is 18.1. The minimum Gasteiger partial charge on any atom is -0.497 e. The fourth-order valence-corrected chi connectivity index (χ4v) is 4.59. The summed E-state index contributed by atoms with van der Waals surface area (Å²) in [7, 11) is 0.706. The molecule has 0 N–H and O–H groups in total. The Bertz CT molecular complexity index is 1220. The number of aromatic nitrogens is 2. The molecular formula is C20H19ClN4O4S. The highest BCUT2D eigenvalue weighted by atomic mass is 35.5. The molecule has 0 aliphatic carbocycles.